The Morgan fingerprint density at radius 2 is 2.30 bits per heavy atom. The summed E-state index contributed by atoms with van der Waals surface area (Å²) in [6.45, 7) is -0.805. The van der Waals surface area contributed by atoms with Crippen LogP contribution < -0.4 is 9.79 Å². The molecule has 0 saturated heterocycles. The molecule has 58 valence electrons. The van der Waals surface area contributed by atoms with E-state index in [1.54, 1.807) is 0 Å². The molecule has 0 rings (SSSR count). The van der Waals surface area contributed by atoms with Gasteiger partial charge in [-0.1, -0.05) is 0 Å². The van der Waals surface area contributed by atoms with E-state index in [0.29, 0.717) is 0 Å². The predicted molar refractivity (Wildman–Crippen MR) is 25.2 cm³/mol. The third kappa shape index (κ3) is 5.69. The van der Waals surface area contributed by atoms with Crippen molar-refractivity contribution in [2.24, 2.45) is 0 Å². The van der Waals surface area contributed by atoms with E-state index >= 15 is 0 Å². The minimum Gasteiger partial charge on any atom is -0.790 e. The summed E-state index contributed by atoms with van der Waals surface area (Å²) in [5.41, 5.74) is 0. The SMILES string of the molecule is N#CC(O)COP(=O)([O-])[O-]. The molecule has 0 heterocycles. The Kier molecular flexibility index (Phi) is 3.50. The second-order valence-corrected chi connectivity index (χ2v) is 2.54. The fourth-order valence-electron chi connectivity index (χ4n) is 0.199. The highest BCUT2D eigenvalue weighted by Crippen LogP contribution is 2.23. The molecule has 0 aromatic carbocycles. The molecule has 0 amide bonds. The van der Waals surface area contributed by atoms with Gasteiger partial charge in [0.1, 0.15) is 0 Å². The van der Waals surface area contributed by atoms with Crippen LogP contribution >= 0.6 is 7.82 Å². The van der Waals surface area contributed by atoms with Crippen LogP contribution in [0.2, 0.25) is 0 Å². The molecule has 7 heteroatoms. The fraction of sp³-hybridized carbons (Fsp3) is 0.667. The van der Waals surface area contributed by atoms with Crippen molar-refractivity contribution in [2.45, 2.75) is 6.10 Å². The van der Waals surface area contributed by atoms with Crippen LogP contribution in [0.4, 0.5) is 0 Å². The van der Waals surface area contributed by atoms with E-state index in [1.165, 1.54) is 6.07 Å². The normalized spacial score (nSPS) is 14.2. The van der Waals surface area contributed by atoms with Gasteiger partial charge >= 0.3 is 0 Å². The monoisotopic (exact) mass is 165 g/mol. The molecule has 10 heavy (non-hydrogen) atoms. The van der Waals surface area contributed by atoms with Crippen molar-refractivity contribution in [3.05, 3.63) is 0 Å². The lowest BCUT2D eigenvalue weighted by atomic mass is 10.4. The summed E-state index contributed by atoms with van der Waals surface area (Å²) >= 11 is 0. The molecular formula is C3H4NO5P-2. The third-order valence-electron chi connectivity index (χ3n) is 0.540. The van der Waals surface area contributed by atoms with E-state index in [4.69, 9.17) is 10.4 Å². The van der Waals surface area contributed by atoms with Gasteiger partial charge in [-0.05, 0) is 0 Å². The zero-order chi connectivity index (χ0) is 8.20. The van der Waals surface area contributed by atoms with Gasteiger partial charge in [-0.25, -0.2) is 0 Å². The van der Waals surface area contributed by atoms with Crippen LogP contribution in [0.1, 0.15) is 0 Å². The molecule has 0 aliphatic heterocycles. The molecule has 1 atom stereocenters. The lowest BCUT2D eigenvalue weighted by Crippen LogP contribution is -2.21. The Morgan fingerprint density at radius 1 is 1.80 bits per heavy atom. The maximum absolute atomic E-state index is 9.68. The van der Waals surface area contributed by atoms with Gasteiger partial charge in [-0.3, -0.25) is 0 Å². The highest BCUT2D eigenvalue weighted by atomic mass is 31.2. The lowest BCUT2D eigenvalue weighted by Gasteiger charge is -2.28. The Bertz CT molecular complexity index is 180. The van der Waals surface area contributed by atoms with E-state index in [-0.39, 0.29) is 0 Å². The van der Waals surface area contributed by atoms with Crippen molar-refractivity contribution in [2.75, 3.05) is 6.61 Å². The average Bonchev–Trinajstić information content (AvgIpc) is 1.81. The predicted octanol–water partition coefficient (Wildman–Crippen LogP) is -2.28. The van der Waals surface area contributed by atoms with Crippen molar-refractivity contribution in [3.63, 3.8) is 0 Å². The first-order valence-electron chi connectivity index (χ1n) is 2.20. The van der Waals surface area contributed by atoms with Crippen LogP contribution in [0.5, 0.6) is 0 Å². The van der Waals surface area contributed by atoms with Gasteiger partial charge in [0.25, 0.3) is 0 Å². The molecule has 6 nitrogen and oxygen atoms in total. The summed E-state index contributed by atoms with van der Waals surface area (Å²) in [5.74, 6) is 0. The number of nitrogens with zero attached hydrogens (tertiary/aromatic N) is 1. The second-order valence-electron chi connectivity index (χ2n) is 1.39. The minimum absolute atomic E-state index is 0.805. The van der Waals surface area contributed by atoms with Crippen molar-refractivity contribution < 1.29 is 24.0 Å². The summed E-state index contributed by atoms with van der Waals surface area (Å²) in [7, 11) is -5.04. The van der Waals surface area contributed by atoms with Gasteiger partial charge in [0.15, 0.2) is 6.10 Å². The highest BCUT2D eigenvalue weighted by Gasteiger charge is 2.01. The number of phosphoric ester groups is 1. The number of phosphoric acid groups is 1. The van der Waals surface area contributed by atoms with Crippen molar-refractivity contribution in [1.29, 1.82) is 5.26 Å². The number of nitriles is 1. The second kappa shape index (κ2) is 3.66. The average molecular weight is 165 g/mol. The first kappa shape index (κ1) is 9.56. The van der Waals surface area contributed by atoms with Gasteiger partial charge in [0, 0.05) is 0 Å². The molecule has 0 aromatic rings. The summed E-state index contributed by atoms with van der Waals surface area (Å²) in [5, 5.41) is 16.2. The van der Waals surface area contributed by atoms with Crippen molar-refractivity contribution >= 4 is 7.82 Å². The maximum atomic E-state index is 9.68. The Labute approximate surface area is 56.9 Å². The summed E-state index contributed by atoms with van der Waals surface area (Å²) in [6, 6.07) is 1.27. The number of aliphatic hydroxyl groups excluding tert-OH is 1. The molecule has 0 aliphatic carbocycles. The molecule has 0 radical (unpaired) electrons. The topological polar surface area (TPSA) is 116 Å². The molecule has 0 aliphatic rings. The number of hydrogen-bond donors (Lipinski definition) is 1. The van der Waals surface area contributed by atoms with Gasteiger partial charge < -0.3 is 24.0 Å². The van der Waals surface area contributed by atoms with Crippen LogP contribution in [0.3, 0.4) is 0 Å². The van der Waals surface area contributed by atoms with E-state index in [9.17, 15) is 14.4 Å². The zero-order valence-electron chi connectivity index (χ0n) is 4.76. The van der Waals surface area contributed by atoms with E-state index < -0.39 is 20.5 Å². The van der Waals surface area contributed by atoms with Gasteiger partial charge in [-0.2, -0.15) is 5.26 Å². The van der Waals surface area contributed by atoms with Gasteiger partial charge in [0.2, 0.25) is 0 Å². The van der Waals surface area contributed by atoms with Crippen LogP contribution in [0, 0.1) is 11.3 Å². The number of rotatable bonds is 3. The first-order valence-corrected chi connectivity index (χ1v) is 3.66. The van der Waals surface area contributed by atoms with Gasteiger partial charge in [-0.15, -0.1) is 0 Å². The zero-order valence-corrected chi connectivity index (χ0v) is 5.65. The molecule has 0 aromatic heterocycles. The molecule has 0 saturated carbocycles. The standard InChI is InChI=1S/C3H6NO5P/c4-1-3(5)2-9-10(6,7)8/h3,5H,2H2,(H2,6,7,8)/p-2. The molecule has 0 bridgehead atoms. The highest BCUT2D eigenvalue weighted by molar-refractivity contribution is 7.43. The van der Waals surface area contributed by atoms with E-state index in [2.05, 4.69) is 4.52 Å². The van der Waals surface area contributed by atoms with E-state index in [1.807, 2.05) is 0 Å². The summed E-state index contributed by atoms with van der Waals surface area (Å²) in [6.07, 6.45) is -1.57. The maximum Gasteiger partial charge on any atom is 0.164 e. The van der Waals surface area contributed by atoms with Crippen LogP contribution in [0.25, 0.3) is 0 Å². The Hall–Kier alpha value is -0.440. The van der Waals surface area contributed by atoms with Crippen molar-refractivity contribution in [1.82, 2.24) is 0 Å². The minimum atomic E-state index is -5.04. The quantitative estimate of drug-likeness (QED) is 0.371. The third-order valence-corrected chi connectivity index (χ3v) is 1.00. The fourth-order valence-corrected chi connectivity index (χ4v) is 0.523. The smallest absolute Gasteiger partial charge is 0.164 e. The Balaban J connectivity index is 3.58. The molecule has 0 fully saturated rings. The van der Waals surface area contributed by atoms with E-state index in [0.717, 1.165) is 0 Å². The molecule has 1 unspecified atom stereocenters. The van der Waals surface area contributed by atoms with Crippen LogP contribution in [-0.2, 0) is 9.09 Å². The first-order chi connectivity index (χ1) is 4.45. The largest absolute Gasteiger partial charge is 0.790 e. The van der Waals surface area contributed by atoms with Crippen LogP contribution in [-0.4, -0.2) is 17.8 Å². The molecule has 1 N–H and O–H groups in total. The molecular weight excluding hydrogens is 161 g/mol. The molecule has 0 spiro atoms. The van der Waals surface area contributed by atoms with Crippen LogP contribution in [0.15, 0.2) is 0 Å². The van der Waals surface area contributed by atoms with Gasteiger partial charge in [0.05, 0.1) is 20.5 Å². The van der Waals surface area contributed by atoms with Crippen molar-refractivity contribution in [3.8, 4) is 6.07 Å². The summed E-state index contributed by atoms with van der Waals surface area (Å²) < 4.78 is 13.2. The number of aliphatic hydroxyl groups is 1. The Morgan fingerprint density at radius 3 is 2.60 bits per heavy atom. The number of hydrogen-bond acceptors (Lipinski definition) is 6. The summed E-state index contributed by atoms with van der Waals surface area (Å²) in [4.78, 5) is 19.4. The lowest BCUT2D eigenvalue weighted by molar-refractivity contribution is -0.342.